The topological polar surface area (TPSA) is 87.2 Å². The van der Waals surface area contributed by atoms with Crippen LogP contribution in [0.1, 0.15) is 17.3 Å². The summed E-state index contributed by atoms with van der Waals surface area (Å²) in [5.41, 5.74) is -1.65. The quantitative estimate of drug-likeness (QED) is 0.625. The summed E-state index contributed by atoms with van der Waals surface area (Å²) in [5, 5.41) is 19.1. The van der Waals surface area contributed by atoms with Crippen LogP contribution < -0.4 is 0 Å². The Balaban J connectivity index is 3.09. The summed E-state index contributed by atoms with van der Waals surface area (Å²) in [5.74, 6) is -3.80. The van der Waals surface area contributed by atoms with Crippen LogP contribution in [0.15, 0.2) is 12.1 Å². The molecule has 8 heteroatoms. The zero-order valence-corrected chi connectivity index (χ0v) is 10.8. The van der Waals surface area contributed by atoms with Gasteiger partial charge in [-0.25, -0.2) is 4.39 Å². The largest absolute Gasteiger partial charge is 0.340 e. The molecule has 0 bridgehead atoms. The molecule has 0 aromatic heterocycles. The summed E-state index contributed by atoms with van der Waals surface area (Å²) in [6.45, 7) is 1.60. The van der Waals surface area contributed by atoms with Crippen molar-refractivity contribution in [3.05, 3.63) is 39.4 Å². The number of nitriles is 1. The minimum absolute atomic E-state index is 0.0351. The van der Waals surface area contributed by atoms with Gasteiger partial charge in [0.2, 0.25) is 5.82 Å². The number of rotatable bonds is 4. The SMILES string of the molecule is CC(C#N)CN(C)C(=O)c1cc(F)c([N+](=O)[O-])cc1F. The van der Waals surface area contributed by atoms with Crippen molar-refractivity contribution in [1.82, 2.24) is 4.90 Å². The molecule has 0 fully saturated rings. The number of halogens is 2. The normalized spacial score (nSPS) is 11.6. The van der Waals surface area contributed by atoms with Gasteiger partial charge in [-0.2, -0.15) is 9.65 Å². The Morgan fingerprint density at radius 2 is 2.10 bits per heavy atom. The lowest BCUT2D eigenvalue weighted by Crippen LogP contribution is -2.31. The van der Waals surface area contributed by atoms with Gasteiger partial charge in [0, 0.05) is 13.6 Å². The first kappa shape index (κ1) is 15.5. The van der Waals surface area contributed by atoms with Gasteiger partial charge in [-0.1, -0.05) is 0 Å². The first-order valence-electron chi connectivity index (χ1n) is 5.56. The van der Waals surface area contributed by atoms with Crippen molar-refractivity contribution in [3.8, 4) is 6.07 Å². The van der Waals surface area contributed by atoms with E-state index in [4.69, 9.17) is 5.26 Å². The number of carbonyl (C=O) groups excluding carboxylic acids is 1. The van der Waals surface area contributed by atoms with Crippen molar-refractivity contribution in [2.45, 2.75) is 6.92 Å². The van der Waals surface area contributed by atoms with Gasteiger partial charge in [-0.05, 0) is 13.0 Å². The third kappa shape index (κ3) is 3.26. The van der Waals surface area contributed by atoms with E-state index >= 15 is 0 Å². The van der Waals surface area contributed by atoms with E-state index in [-0.39, 0.29) is 6.54 Å². The molecule has 0 radical (unpaired) electrons. The Kier molecular flexibility index (Phi) is 4.69. The minimum atomic E-state index is -1.29. The molecule has 0 spiro atoms. The van der Waals surface area contributed by atoms with Crippen LogP contribution >= 0.6 is 0 Å². The third-order valence-corrected chi connectivity index (χ3v) is 2.58. The minimum Gasteiger partial charge on any atom is -0.340 e. The summed E-state index contributed by atoms with van der Waals surface area (Å²) in [6.07, 6.45) is 0. The Hall–Kier alpha value is -2.56. The number of hydrogen-bond acceptors (Lipinski definition) is 4. The Bertz CT molecular complexity index is 598. The van der Waals surface area contributed by atoms with Crippen molar-refractivity contribution in [3.63, 3.8) is 0 Å². The van der Waals surface area contributed by atoms with E-state index in [1.54, 1.807) is 6.92 Å². The van der Waals surface area contributed by atoms with E-state index in [0.717, 1.165) is 4.90 Å². The molecular formula is C12H11F2N3O3. The monoisotopic (exact) mass is 283 g/mol. The fourth-order valence-electron chi connectivity index (χ4n) is 1.58. The first-order valence-corrected chi connectivity index (χ1v) is 5.56. The van der Waals surface area contributed by atoms with E-state index < -0.39 is 39.6 Å². The van der Waals surface area contributed by atoms with Gasteiger partial charge in [0.1, 0.15) is 5.82 Å². The maximum absolute atomic E-state index is 13.6. The predicted octanol–water partition coefficient (Wildman–Crippen LogP) is 2.10. The summed E-state index contributed by atoms with van der Waals surface area (Å²) in [7, 11) is 1.33. The van der Waals surface area contributed by atoms with E-state index in [9.17, 15) is 23.7 Å². The number of amides is 1. The summed E-state index contributed by atoms with van der Waals surface area (Å²) < 4.78 is 27.0. The molecular weight excluding hydrogens is 272 g/mol. The maximum Gasteiger partial charge on any atom is 0.307 e. The molecule has 0 saturated heterocycles. The molecule has 6 nitrogen and oxygen atoms in total. The average Bonchev–Trinajstić information content (AvgIpc) is 2.39. The molecule has 1 atom stereocenters. The van der Waals surface area contributed by atoms with Crippen molar-refractivity contribution < 1.29 is 18.5 Å². The third-order valence-electron chi connectivity index (χ3n) is 2.58. The van der Waals surface area contributed by atoms with Crippen molar-refractivity contribution in [1.29, 1.82) is 5.26 Å². The van der Waals surface area contributed by atoms with Gasteiger partial charge in [-0.15, -0.1) is 0 Å². The Morgan fingerprint density at radius 3 is 2.60 bits per heavy atom. The summed E-state index contributed by atoms with van der Waals surface area (Å²) in [6, 6.07) is 2.76. The van der Waals surface area contributed by atoms with Crippen molar-refractivity contribution in [2.75, 3.05) is 13.6 Å². The van der Waals surface area contributed by atoms with Crippen LogP contribution in [-0.2, 0) is 0 Å². The van der Waals surface area contributed by atoms with E-state index in [1.165, 1.54) is 7.05 Å². The lowest BCUT2D eigenvalue weighted by Gasteiger charge is -2.18. The highest BCUT2D eigenvalue weighted by Gasteiger charge is 2.24. The fraction of sp³-hybridized carbons (Fsp3) is 0.333. The zero-order chi connectivity index (χ0) is 15.4. The number of nitrogens with zero attached hydrogens (tertiary/aromatic N) is 3. The molecule has 0 aliphatic carbocycles. The molecule has 0 heterocycles. The predicted molar refractivity (Wildman–Crippen MR) is 64.7 cm³/mol. The van der Waals surface area contributed by atoms with Crippen LogP contribution in [0.3, 0.4) is 0 Å². The standard InChI is InChI=1S/C12H11F2N3O3/c1-7(5-15)6-16(2)12(18)8-3-10(14)11(17(19)20)4-9(8)13/h3-4,7H,6H2,1-2H3. The van der Waals surface area contributed by atoms with Gasteiger partial charge < -0.3 is 4.90 Å². The Morgan fingerprint density at radius 1 is 1.50 bits per heavy atom. The second-order valence-electron chi connectivity index (χ2n) is 4.26. The number of nitro groups is 1. The molecule has 1 rings (SSSR count). The number of carbonyl (C=O) groups is 1. The van der Waals surface area contributed by atoms with Crippen LogP contribution in [0.5, 0.6) is 0 Å². The van der Waals surface area contributed by atoms with E-state index in [1.807, 2.05) is 6.07 Å². The lowest BCUT2D eigenvalue weighted by molar-refractivity contribution is -0.387. The molecule has 0 saturated carbocycles. The molecule has 20 heavy (non-hydrogen) atoms. The average molecular weight is 283 g/mol. The molecule has 1 aromatic carbocycles. The molecule has 0 N–H and O–H groups in total. The second-order valence-corrected chi connectivity index (χ2v) is 4.26. The fourth-order valence-corrected chi connectivity index (χ4v) is 1.58. The first-order chi connectivity index (χ1) is 9.27. The maximum atomic E-state index is 13.6. The highest BCUT2D eigenvalue weighted by molar-refractivity contribution is 5.94. The lowest BCUT2D eigenvalue weighted by atomic mass is 10.1. The van der Waals surface area contributed by atoms with Crippen molar-refractivity contribution >= 4 is 11.6 Å². The van der Waals surface area contributed by atoms with E-state index in [0.29, 0.717) is 12.1 Å². The number of hydrogen-bond donors (Lipinski definition) is 0. The Labute approximate surface area is 113 Å². The van der Waals surface area contributed by atoms with Gasteiger partial charge >= 0.3 is 5.69 Å². The number of benzene rings is 1. The van der Waals surface area contributed by atoms with E-state index in [2.05, 4.69) is 0 Å². The second kappa shape index (κ2) is 6.06. The molecule has 1 unspecified atom stereocenters. The van der Waals surface area contributed by atoms with Crippen molar-refractivity contribution in [2.24, 2.45) is 5.92 Å². The molecule has 1 aromatic rings. The molecule has 1 amide bonds. The summed E-state index contributed by atoms with van der Waals surface area (Å²) >= 11 is 0. The van der Waals surface area contributed by atoms with Gasteiger partial charge in [0.05, 0.1) is 28.5 Å². The van der Waals surface area contributed by atoms with Crippen LogP contribution in [0, 0.1) is 39.0 Å². The highest BCUT2D eigenvalue weighted by Crippen LogP contribution is 2.22. The molecule has 0 aliphatic heterocycles. The van der Waals surface area contributed by atoms with Gasteiger partial charge in [-0.3, -0.25) is 14.9 Å². The smallest absolute Gasteiger partial charge is 0.307 e. The van der Waals surface area contributed by atoms with Gasteiger partial charge in [0.25, 0.3) is 5.91 Å². The molecule has 0 aliphatic rings. The van der Waals surface area contributed by atoms with Crippen LogP contribution in [0.25, 0.3) is 0 Å². The zero-order valence-electron chi connectivity index (χ0n) is 10.8. The number of nitro benzene ring substituents is 1. The van der Waals surface area contributed by atoms with Crippen LogP contribution in [-0.4, -0.2) is 29.3 Å². The highest BCUT2D eigenvalue weighted by atomic mass is 19.1. The van der Waals surface area contributed by atoms with Crippen LogP contribution in [0.4, 0.5) is 14.5 Å². The van der Waals surface area contributed by atoms with Gasteiger partial charge in [0.15, 0.2) is 0 Å². The summed E-state index contributed by atoms with van der Waals surface area (Å²) in [4.78, 5) is 22.3. The van der Waals surface area contributed by atoms with Crippen LogP contribution in [0.2, 0.25) is 0 Å². The molecule has 106 valence electrons.